The van der Waals surface area contributed by atoms with Gasteiger partial charge in [0.05, 0.1) is 64.5 Å². The number of likely N-dealkylation sites (N-methyl/N-ethyl adjacent to an activating group) is 1. The Morgan fingerprint density at radius 1 is 0.582 bits per heavy atom. The minimum absolute atomic E-state index is 0. The summed E-state index contributed by atoms with van der Waals surface area (Å²) in [6, 6.07) is 19.7. The molecule has 0 spiro atoms. The first-order valence-corrected chi connectivity index (χ1v) is 30.4. The zero-order valence-corrected chi connectivity index (χ0v) is 55.1. The number of carboxylic acids is 1. The Morgan fingerprint density at radius 3 is 1.33 bits per heavy atom. The number of aromatic amines is 2. The maximum atomic E-state index is 13.8. The lowest BCUT2D eigenvalue weighted by molar-refractivity contribution is 0.0662. The van der Waals surface area contributed by atoms with E-state index in [1.54, 1.807) is 26.4 Å². The molecule has 20 heteroatoms. The summed E-state index contributed by atoms with van der Waals surface area (Å²) in [4.78, 5) is 58.5. The molecule has 1 amide bonds. The summed E-state index contributed by atoms with van der Waals surface area (Å²) >= 11 is 0. The maximum Gasteiger partial charge on any atom is 0.335 e. The van der Waals surface area contributed by atoms with Gasteiger partial charge < -0.3 is 53.3 Å². The number of carbonyl (C=O) groups excluding carboxylic acids is 1. The molecule has 2 aliphatic heterocycles. The van der Waals surface area contributed by atoms with Crippen molar-refractivity contribution in [3.8, 4) is 56.3 Å². The van der Waals surface area contributed by atoms with Crippen molar-refractivity contribution in [1.29, 1.82) is 1.34 Å². The number of methoxy groups -OCH3 is 2. The number of H-pyrrole nitrogens is 2. The van der Waals surface area contributed by atoms with E-state index in [4.69, 9.17) is 39.8 Å². The number of aromatic nitrogens is 8. The number of piperidine rings is 1. The molecular formula is C71H95BN11O8. The van der Waals surface area contributed by atoms with Crippen LogP contribution in [0.5, 0.6) is 11.5 Å². The molecule has 12 rings (SSSR count). The Balaban J connectivity index is 0.000000245. The number of rotatable bonds is 8. The van der Waals surface area contributed by atoms with Crippen molar-refractivity contribution in [3.63, 3.8) is 0 Å². The number of piperazine rings is 1. The molecule has 91 heavy (non-hydrogen) atoms. The van der Waals surface area contributed by atoms with E-state index in [1.165, 1.54) is 32.4 Å². The smallest absolute Gasteiger partial charge is 0.335 e. The van der Waals surface area contributed by atoms with E-state index in [0.717, 1.165) is 132 Å². The van der Waals surface area contributed by atoms with Crippen LogP contribution in [0.1, 0.15) is 156 Å². The lowest BCUT2D eigenvalue weighted by Gasteiger charge is -2.33. The lowest BCUT2D eigenvalue weighted by Crippen LogP contribution is -2.47. The van der Waals surface area contributed by atoms with E-state index >= 15 is 0 Å². The van der Waals surface area contributed by atoms with Crippen molar-refractivity contribution in [3.05, 3.63) is 117 Å². The first-order chi connectivity index (χ1) is 42.7. The third kappa shape index (κ3) is 15.3. The van der Waals surface area contributed by atoms with Gasteiger partial charge >= 0.3 is 5.97 Å². The summed E-state index contributed by atoms with van der Waals surface area (Å²) in [6.45, 7) is 33.8. The van der Waals surface area contributed by atoms with E-state index in [-0.39, 0.29) is 45.2 Å². The Bertz CT molecular complexity index is 4180. The fourth-order valence-corrected chi connectivity index (χ4v) is 11.6. The number of aromatic carboxylic acids is 1. The second kappa shape index (κ2) is 29.7. The zero-order valence-electron chi connectivity index (χ0n) is 56.1. The van der Waals surface area contributed by atoms with Gasteiger partial charge in [-0.25, -0.2) is 24.7 Å². The van der Waals surface area contributed by atoms with Gasteiger partial charge in [0, 0.05) is 77.1 Å². The molecule has 0 aliphatic carbocycles. The van der Waals surface area contributed by atoms with E-state index in [2.05, 4.69) is 103 Å². The van der Waals surface area contributed by atoms with Crippen LogP contribution in [0.15, 0.2) is 69.7 Å². The number of nitrogens with zero attached hydrogens (tertiary/aromatic N) is 9. The fourth-order valence-electron chi connectivity index (χ4n) is 11.6. The molecule has 0 unspecified atom stereocenters. The molecule has 0 bridgehead atoms. The van der Waals surface area contributed by atoms with E-state index in [1.807, 2.05) is 96.7 Å². The fraction of sp³-hybridized carbons (Fsp3) is 0.437. The molecule has 2 saturated heterocycles. The molecule has 485 valence electrons. The zero-order chi connectivity index (χ0) is 65.7. The number of benzene rings is 4. The molecular weight excluding hydrogens is 1150 g/mol. The number of carbonyl (C=O) groups is 2. The van der Waals surface area contributed by atoms with Crippen LogP contribution in [0.2, 0.25) is 0 Å². The predicted octanol–water partition coefficient (Wildman–Crippen LogP) is 14.6. The van der Waals surface area contributed by atoms with Gasteiger partial charge in [0.25, 0.3) is 13.9 Å². The largest absolute Gasteiger partial charge is 0.496 e. The summed E-state index contributed by atoms with van der Waals surface area (Å²) < 4.78 is 28.2. The highest BCUT2D eigenvalue weighted by atomic mass is 16.5. The molecule has 6 aromatic heterocycles. The van der Waals surface area contributed by atoms with Crippen LogP contribution < -0.4 is 9.47 Å². The molecule has 4 aromatic carbocycles. The minimum atomic E-state index is -0.978. The van der Waals surface area contributed by atoms with Crippen molar-refractivity contribution in [1.82, 2.24) is 54.9 Å². The van der Waals surface area contributed by atoms with Crippen LogP contribution >= 0.6 is 0 Å². The number of likely N-dealkylation sites (tertiary alicyclic amines) is 1. The molecule has 8 heterocycles. The Morgan fingerprint density at radius 2 is 0.978 bits per heavy atom. The molecule has 2 fully saturated rings. The van der Waals surface area contributed by atoms with E-state index in [9.17, 15) is 14.7 Å². The van der Waals surface area contributed by atoms with Crippen LogP contribution in [-0.2, 0) is 10.8 Å². The molecule has 2 aliphatic rings. The first-order valence-electron chi connectivity index (χ1n) is 31.0. The number of aryl methyl sites for hydroxylation is 6. The Kier molecular flexibility index (Phi) is 22.8. The van der Waals surface area contributed by atoms with Crippen molar-refractivity contribution < 1.29 is 38.2 Å². The van der Waals surface area contributed by atoms with Gasteiger partial charge in [-0.05, 0) is 164 Å². The topological polar surface area (TPSA) is 238 Å². The summed E-state index contributed by atoms with van der Waals surface area (Å²) in [5, 5.41) is 28.7. The lowest BCUT2D eigenvalue weighted by atomic mass is 9.84. The molecule has 0 atom stereocenters. The van der Waals surface area contributed by atoms with Crippen molar-refractivity contribution in [2.45, 2.75) is 142 Å². The van der Waals surface area contributed by atoms with Crippen LogP contribution in [0.4, 0.5) is 0 Å². The van der Waals surface area contributed by atoms with Crippen LogP contribution in [0, 0.1) is 41.5 Å². The maximum absolute atomic E-state index is 13.8. The first kappa shape index (κ1) is 70.0. The van der Waals surface area contributed by atoms with Gasteiger partial charge in [-0.2, -0.15) is 0 Å². The summed E-state index contributed by atoms with van der Waals surface area (Å²) in [7, 11) is 7.84. The molecule has 19 nitrogen and oxygen atoms in total. The Labute approximate surface area is 539 Å². The predicted molar refractivity (Wildman–Crippen MR) is 369 cm³/mol. The van der Waals surface area contributed by atoms with Gasteiger partial charge in [-0.3, -0.25) is 4.79 Å². The van der Waals surface area contributed by atoms with Gasteiger partial charge in [0.15, 0.2) is 0 Å². The summed E-state index contributed by atoms with van der Waals surface area (Å²) in [5.74, 6) is 3.12. The van der Waals surface area contributed by atoms with Crippen LogP contribution in [0.3, 0.4) is 0 Å². The molecule has 0 saturated carbocycles. The number of amides is 1. The summed E-state index contributed by atoms with van der Waals surface area (Å²) in [6.07, 6.45) is 4.28. The number of ether oxygens (including phenoxy) is 2. The normalized spacial score (nSPS) is 13.7. The summed E-state index contributed by atoms with van der Waals surface area (Å²) in [5.41, 5.74) is 13.9. The second-order valence-corrected chi connectivity index (χ2v) is 24.9. The van der Waals surface area contributed by atoms with Gasteiger partial charge in [0.1, 0.15) is 46.0 Å². The third-order valence-electron chi connectivity index (χ3n) is 16.4. The minimum Gasteiger partial charge on any atom is -0.496 e. The molecule has 10 aromatic rings. The van der Waals surface area contributed by atoms with E-state index in [0.29, 0.717) is 45.8 Å². The monoisotopic (exact) mass is 1240 g/mol. The van der Waals surface area contributed by atoms with Crippen molar-refractivity contribution in [2.24, 2.45) is 0 Å². The van der Waals surface area contributed by atoms with Crippen molar-refractivity contribution >= 4 is 63.8 Å². The average molecular weight is 1240 g/mol. The number of fused-ring (bicyclic) bond motifs is 6. The van der Waals surface area contributed by atoms with E-state index < -0.39 is 5.97 Å². The number of nitrogens with one attached hydrogen (secondary N) is 2. The number of hydrogen-bond donors (Lipinski definition) is 4. The quantitative estimate of drug-likeness (QED) is 0.103. The highest BCUT2D eigenvalue weighted by Crippen LogP contribution is 2.44. The number of hydrogen-bond acceptors (Lipinski definition) is 15. The number of carboxylic acid groups (broad SMARTS) is 1. The average Bonchev–Trinajstić information content (AvgIpc) is 1.56. The third-order valence-corrected chi connectivity index (χ3v) is 16.4. The standard InChI is InChI=1S/C33H38N6O3.C28H28N4O4.C6H13N.C2H6.2CH4.BH2O/c1-18-28(19(2)42-37-18)25-16-26-24(17-27(25)41-8)29-30(34-20(3)35-31(29)36-26)21-13-22(15-23(14-21)33(4,5)6)32(40)39-11-9-38(7)10-12-39;1-13-23(14(2)36-32-13)20-11-21-19(12-22(20)35-7)24-25(29-15(3)30-26(24)31-21)16-8-17(27(33)34)10-18(9-16)28(4,5)6;1-7-5-3-2-4-6-7;1-2;;;1-2/h13-17H,9-12H2,1-8H3,(H,34,35,36);8-12H,1-7H3,(H,33,34)(H,29,30,31);2-6H2,1H3;1-2H3;2*1H4;1-2H/i;;;;;;1T. The highest BCUT2D eigenvalue weighted by molar-refractivity contribution is 6.15. The van der Waals surface area contributed by atoms with Gasteiger partial charge in [-0.15, -0.1) is 0 Å². The second-order valence-electron chi connectivity index (χ2n) is 24.9. The van der Waals surface area contributed by atoms with Crippen LogP contribution in [-0.4, -0.2) is 154 Å². The molecule has 4 N–H and O–H groups in total. The van der Waals surface area contributed by atoms with Crippen LogP contribution in [0.25, 0.3) is 88.6 Å². The van der Waals surface area contributed by atoms with Crippen molar-refractivity contribution in [2.75, 3.05) is 67.6 Å². The molecule has 1 radical (unpaired) electrons. The highest BCUT2D eigenvalue weighted by Gasteiger charge is 2.28. The SMILES string of the molecule is C.C.CC.CN1CCCCC1.COc1cc2c(cc1-c1c(C)noc1C)[nH]c1nc(C)nc(-c3cc(C(=O)N4CCN(C)CC4)cc(C(C)(C)C)c3)c12.COc1cc2c(cc1-c1c(C)noc1C)[nH]c1nc(C)nc(-c3cc(C(=O)O)cc(C(C)(C)C)c3)c12.[3H][B]O. The van der Waals surface area contributed by atoms with Gasteiger partial charge in [0.2, 0.25) is 0 Å². The Hall–Kier alpha value is -8.46. The van der Waals surface area contributed by atoms with Gasteiger partial charge in [-0.1, -0.05) is 87.0 Å².